The Morgan fingerprint density at radius 1 is 1.20 bits per heavy atom. The van der Waals surface area contributed by atoms with Gasteiger partial charge in [-0.3, -0.25) is 4.79 Å². The standard InChI is InChI=1S/C22H24N4O2S2/c1-14(27)23-15-5-7-16(8-6-15)29-21-20-17-3-2-4-18(17)30-22(20)25-19(24-21)13-26-9-11-28-12-10-26/h5-8H,2-4,9-13H2,1H3,(H,23,27)/p+1. The number of fused-ring (bicyclic) bond motifs is 3. The molecule has 3 aromatic rings. The molecule has 1 amide bonds. The lowest BCUT2D eigenvalue weighted by atomic mass is 10.2. The number of ether oxygens (including phenoxy) is 1. The van der Waals surface area contributed by atoms with Crippen molar-refractivity contribution in [1.82, 2.24) is 9.97 Å². The summed E-state index contributed by atoms with van der Waals surface area (Å²) in [6.45, 7) is 6.01. The van der Waals surface area contributed by atoms with Gasteiger partial charge >= 0.3 is 0 Å². The minimum absolute atomic E-state index is 0.0583. The molecule has 3 heterocycles. The summed E-state index contributed by atoms with van der Waals surface area (Å²) >= 11 is 3.55. The van der Waals surface area contributed by atoms with Gasteiger partial charge < -0.3 is 15.0 Å². The van der Waals surface area contributed by atoms with E-state index in [-0.39, 0.29) is 5.91 Å². The third-order valence-corrected chi connectivity index (χ3v) is 7.76. The normalized spacial score (nSPS) is 16.7. The third kappa shape index (κ3) is 4.23. The van der Waals surface area contributed by atoms with Crippen LogP contribution in [0.1, 0.15) is 29.6 Å². The first-order valence-electron chi connectivity index (χ1n) is 10.4. The zero-order chi connectivity index (χ0) is 20.5. The van der Waals surface area contributed by atoms with Gasteiger partial charge in [-0.1, -0.05) is 11.8 Å². The number of thiophene rings is 1. The van der Waals surface area contributed by atoms with Crippen LogP contribution in [-0.2, 0) is 28.9 Å². The van der Waals surface area contributed by atoms with Gasteiger partial charge in [0, 0.05) is 27.8 Å². The molecule has 0 saturated carbocycles. The number of hydrogen-bond donors (Lipinski definition) is 2. The molecule has 5 rings (SSSR count). The van der Waals surface area contributed by atoms with Crippen LogP contribution in [0.2, 0.25) is 0 Å². The molecule has 8 heteroatoms. The van der Waals surface area contributed by atoms with Crippen LogP contribution >= 0.6 is 23.1 Å². The van der Waals surface area contributed by atoms with E-state index in [2.05, 4.69) is 5.32 Å². The van der Waals surface area contributed by atoms with E-state index in [9.17, 15) is 4.79 Å². The molecular weight excluding hydrogens is 416 g/mol. The summed E-state index contributed by atoms with van der Waals surface area (Å²) < 4.78 is 5.50. The quantitative estimate of drug-likeness (QED) is 0.596. The SMILES string of the molecule is CC(=O)Nc1ccc(Sc2nc(C[NH+]3CCOCC3)nc3sc4c(c23)CCC4)cc1. The number of morpholine rings is 1. The maximum Gasteiger partial charge on any atom is 0.221 e. The number of benzene rings is 1. The second-order valence-corrected chi connectivity index (χ2v) is 9.98. The van der Waals surface area contributed by atoms with Crippen LogP contribution in [0.25, 0.3) is 10.2 Å². The number of nitrogens with one attached hydrogen (secondary N) is 2. The molecule has 1 saturated heterocycles. The van der Waals surface area contributed by atoms with Crippen molar-refractivity contribution >= 4 is 44.9 Å². The fraction of sp³-hybridized carbons (Fsp3) is 0.409. The van der Waals surface area contributed by atoms with Crippen LogP contribution in [0.3, 0.4) is 0 Å². The number of amides is 1. The zero-order valence-corrected chi connectivity index (χ0v) is 18.6. The van der Waals surface area contributed by atoms with Crippen molar-refractivity contribution in [3.05, 3.63) is 40.5 Å². The van der Waals surface area contributed by atoms with Crippen LogP contribution < -0.4 is 10.2 Å². The first-order chi connectivity index (χ1) is 14.7. The summed E-state index contributed by atoms with van der Waals surface area (Å²) in [5.41, 5.74) is 2.27. The number of aromatic nitrogens is 2. The van der Waals surface area contributed by atoms with Crippen LogP contribution in [-0.4, -0.2) is 42.2 Å². The third-order valence-electron chi connectivity index (χ3n) is 5.58. The van der Waals surface area contributed by atoms with Gasteiger partial charge in [-0.25, -0.2) is 9.97 Å². The van der Waals surface area contributed by atoms with Gasteiger partial charge in [-0.05, 0) is 49.1 Å². The van der Waals surface area contributed by atoms with Crippen molar-refractivity contribution in [2.75, 3.05) is 31.6 Å². The second-order valence-electron chi connectivity index (χ2n) is 7.83. The van der Waals surface area contributed by atoms with E-state index in [0.717, 1.165) is 72.0 Å². The van der Waals surface area contributed by atoms with E-state index in [4.69, 9.17) is 14.7 Å². The zero-order valence-electron chi connectivity index (χ0n) is 17.0. The van der Waals surface area contributed by atoms with Crippen LogP contribution in [0, 0.1) is 0 Å². The second kappa shape index (κ2) is 8.63. The lowest BCUT2D eigenvalue weighted by molar-refractivity contribution is -0.922. The number of anilines is 1. The van der Waals surface area contributed by atoms with Crippen LogP contribution in [0.15, 0.2) is 34.2 Å². The Bertz CT molecular complexity index is 1070. The summed E-state index contributed by atoms with van der Waals surface area (Å²) in [4.78, 5) is 26.5. The van der Waals surface area contributed by atoms with E-state index in [1.165, 1.54) is 34.1 Å². The Morgan fingerprint density at radius 3 is 2.77 bits per heavy atom. The molecule has 0 unspecified atom stereocenters. The topological polar surface area (TPSA) is 68.5 Å². The largest absolute Gasteiger partial charge is 0.370 e. The monoisotopic (exact) mass is 441 g/mol. The van der Waals surface area contributed by atoms with Gasteiger partial charge in [-0.15, -0.1) is 11.3 Å². The van der Waals surface area contributed by atoms with Crippen molar-refractivity contribution in [1.29, 1.82) is 0 Å². The number of quaternary nitrogens is 1. The Morgan fingerprint density at radius 2 is 2.00 bits per heavy atom. The Balaban J connectivity index is 1.47. The predicted molar refractivity (Wildman–Crippen MR) is 120 cm³/mol. The molecule has 1 fully saturated rings. The molecule has 2 aliphatic rings. The smallest absolute Gasteiger partial charge is 0.221 e. The molecule has 1 aromatic carbocycles. The molecule has 0 spiro atoms. The van der Waals surface area contributed by atoms with E-state index in [0.29, 0.717) is 0 Å². The maximum absolute atomic E-state index is 11.3. The van der Waals surface area contributed by atoms with E-state index >= 15 is 0 Å². The van der Waals surface area contributed by atoms with Gasteiger partial charge in [0.1, 0.15) is 29.5 Å². The molecule has 0 bridgehead atoms. The van der Waals surface area contributed by atoms with Gasteiger partial charge in [0.2, 0.25) is 5.91 Å². The molecule has 6 nitrogen and oxygen atoms in total. The fourth-order valence-corrected chi connectivity index (χ4v) is 6.45. The maximum atomic E-state index is 11.3. The minimum atomic E-state index is -0.0583. The van der Waals surface area contributed by atoms with Gasteiger partial charge in [0.25, 0.3) is 0 Å². The van der Waals surface area contributed by atoms with Gasteiger partial charge in [0.05, 0.1) is 13.2 Å². The van der Waals surface area contributed by atoms with Crippen LogP contribution in [0.5, 0.6) is 0 Å². The highest BCUT2D eigenvalue weighted by molar-refractivity contribution is 7.99. The molecular formula is C22H25N4O2S2+. The van der Waals surface area contributed by atoms with Crippen molar-refractivity contribution in [3.63, 3.8) is 0 Å². The number of rotatable bonds is 5. The molecule has 0 radical (unpaired) electrons. The number of aryl methyl sites for hydroxylation is 2. The van der Waals surface area contributed by atoms with E-state index < -0.39 is 0 Å². The highest BCUT2D eigenvalue weighted by Crippen LogP contribution is 2.42. The number of nitrogens with zero attached hydrogens (tertiary/aromatic N) is 2. The summed E-state index contributed by atoms with van der Waals surface area (Å²) in [7, 11) is 0. The molecule has 2 aromatic heterocycles. The highest BCUT2D eigenvalue weighted by atomic mass is 32.2. The minimum Gasteiger partial charge on any atom is -0.370 e. The first kappa shape index (κ1) is 19.9. The number of hydrogen-bond acceptors (Lipinski definition) is 6. The fourth-order valence-electron chi connectivity index (χ4n) is 4.14. The number of carbonyl (C=O) groups excluding carboxylic acids is 1. The Kier molecular flexibility index (Phi) is 5.73. The molecule has 30 heavy (non-hydrogen) atoms. The molecule has 1 aliphatic heterocycles. The molecule has 1 aliphatic carbocycles. The van der Waals surface area contributed by atoms with Gasteiger partial charge in [-0.2, -0.15) is 0 Å². The van der Waals surface area contributed by atoms with Crippen molar-refractivity contribution in [3.8, 4) is 0 Å². The Labute approximate surface area is 184 Å². The molecule has 156 valence electrons. The Hall–Kier alpha value is -2.00. The van der Waals surface area contributed by atoms with Gasteiger partial charge in [0.15, 0.2) is 5.82 Å². The summed E-state index contributed by atoms with van der Waals surface area (Å²) in [6.07, 6.45) is 3.52. The molecule has 0 atom stereocenters. The van der Waals surface area contributed by atoms with Crippen molar-refractivity contribution in [2.24, 2.45) is 0 Å². The summed E-state index contributed by atoms with van der Waals surface area (Å²) in [5, 5.41) is 5.14. The molecule has 2 N–H and O–H groups in total. The predicted octanol–water partition coefficient (Wildman–Crippen LogP) is 2.70. The summed E-state index contributed by atoms with van der Waals surface area (Å²) in [6, 6.07) is 7.98. The van der Waals surface area contributed by atoms with Crippen molar-refractivity contribution in [2.45, 2.75) is 42.7 Å². The highest BCUT2D eigenvalue weighted by Gasteiger charge is 2.24. The summed E-state index contributed by atoms with van der Waals surface area (Å²) in [5.74, 6) is 0.869. The van der Waals surface area contributed by atoms with E-state index in [1.54, 1.807) is 11.8 Å². The lowest BCUT2D eigenvalue weighted by Gasteiger charge is -2.23. The van der Waals surface area contributed by atoms with E-state index in [1.807, 2.05) is 35.6 Å². The van der Waals surface area contributed by atoms with Crippen molar-refractivity contribution < 1.29 is 14.4 Å². The average molecular weight is 442 g/mol. The number of carbonyl (C=O) groups is 1. The lowest BCUT2D eigenvalue weighted by Crippen LogP contribution is -3.12. The first-order valence-corrected chi connectivity index (χ1v) is 12.1. The van der Waals surface area contributed by atoms with Crippen LogP contribution in [0.4, 0.5) is 5.69 Å². The average Bonchev–Trinajstić information content (AvgIpc) is 3.31.